The quantitative estimate of drug-likeness (QED) is 0.431. The van der Waals surface area contributed by atoms with Crippen molar-refractivity contribution in [3.05, 3.63) is 29.1 Å². The lowest BCUT2D eigenvalue weighted by Crippen LogP contribution is -2.24. The molecule has 3 N–H and O–H groups in total. The molecule has 3 nitrogen and oxygen atoms in total. The van der Waals surface area contributed by atoms with Crippen molar-refractivity contribution < 1.29 is 32.2 Å². The van der Waals surface area contributed by atoms with Crippen molar-refractivity contribution in [2.45, 2.75) is 6.10 Å². The second-order valence-electron chi connectivity index (χ2n) is 3.16. The summed E-state index contributed by atoms with van der Waals surface area (Å²) >= 11 is 0. The molecule has 1 rings (SSSR count). The van der Waals surface area contributed by atoms with Crippen LogP contribution in [-0.2, 0) is 0 Å². The van der Waals surface area contributed by atoms with Gasteiger partial charge in [-0.2, -0.15) is 0 Å². The van der Waals surface area contributed by atoms with Gasteiger partial charge in [0.15, 0.2) is 23.3 Å². The third kappa shape index (κ3) is 2.64. The molecule has 0 aliphatic carbocycles. The van der Waals surface area contributed by atoms with E-state index in [9.17, 15) is 22.0 Å². The summed E-state index contributed by atoms with van der Waals surface area (Å²) in [7, 11) is 0. The Kier molecular flexibility index (Phi) is 4.24. The van der Waals surface area contributed by atoms with Crippen LogP contribution in [0.1, 0.15) is 0 Å². The van der Waals surface area contributed by atoms with Crippen LogP contribution in [0, 0.1) is 29.1 Å². The van der Waals surface area contributed by atoms with Crippen molar-refractivity contribution in [1.82, 2.24) is 0 Å². The predicted octanol–water partition coefficient (Wildman–Crippen LogP) is 1.15. The van der Waals surface area contributed by atoms with Crippen molar-refractivity contribution in [3.8, 4) is 0 Å². The molecule has 0 heterocycles. The molecule has 0 fully saturated rings. The Morgan fingerprint density at radius 2 is 1.29 bits per heavy atom. The van der Waals surface area contributed by atoms with Crippen LogP contribution >= 0.6 is 0 Å². The highest BCUT2D eigenvalue weighted by molar-refractivity contribution is 5.47. The average Bonchev–Trinajstić information content (AvgIpc) is 2.33. The van der Waals surface area contributed by atoms with Gasteiger partial charge >= 0.3 is 0 Å². The largest absolute Gasteiger partial charge is 0.394 e. The molecule has 0 saturated heterocycles. The molecule has 0 aliphatic rings. The first kappa shape index (κ1) is 13.7. The van der Waals surface area contributed by atoms with Gasteiger partial charge in [-0.1, -0.05) is 0 Å². The third-order valence-electron chi connectivity index (χ3n) is 1.94. The molecule has 0 radical (unpaired) electrons. The highest BCUT2D eigenvalue weighted by Gasteiger charge is 2.25. The molecule has 0 bridgehead atoms. The van der Waals surface area contributed by atoms with Gasteiger partial charge < -0.3 is 15.5 Å². The normalized spacial score (nSPS) is 12.6. The molecular formula is C9H8F5NO2. The van der Waals surface area contributed by atoms with E-state index in [0.717, 1.165) is 0 Å². The van der Waals surface area contributed by atoms with Crippen molar-refractivity contribution >= 4 is 5.69 Å². The number of hydrogen-bond acceptors (Lipinski definition) is 3. The monoisotopic (exact) mass is 257 g/mol. The maximum atomic E-state index is 13.0. The maximum absolute atomic E-state index is 13.0. The van der Waals surface area contributed by atoms with E-state index in [-0.39, 0.29) is 0 Å². The van der Waals surface area contributed by atoms with Gasteiger partial charge in [-0.25, -0.2) is 22.0 Å². The van der Waals surface area contributed by atoms with Gasteiger partial charge in [-0.05, 0) is 0 Å². The Hall–Kier alpha value is -1.41. The Labute approximate surface area is 92.5 Å². The molecule has 0 saturated carbocycles. The fraction of sp³-hybridized carbons (Fsp3) is 0.333. The molecule has 8 heteroatoms. The smallest absolute Gasteiger partial charge is 0.200 e. The number of aliphatic hydroxyl groups excluding tert-OH is 2. The van der Waals surface area contributed by atoms with Crippen molar-refractivity contribution in [1.29, 1.82) is 0 Å². The van der Waals surface area contributed by atoms with E-state index in [4.69, 9.17) is 10.2 Å². The lowest BCUT2D eigenvalue weighted by Gasteiger charge is -2.12. The van der Waals surface area contributed by atoms with Crippen molar-refractivity contribution in [2.75, 3.05) is 18.5 Å². The molecular weight excluding hydrogens is 249 g/mol. The number of rotatable bonds is 4. The van der Waals surface area contributed by atoms with E-state index in [1.165, 1.54) is 0 Å². The first-order chi connectivity index (χ1) is 7.90. The highest BCUT2D eigenvalue weighted by atomic mass is 19.2. The van der Waals surface area contributed by atoms with Crippen molar-refractivity contribution in [2.24, 2.45) is 0 Å². The number of nitrogens with one attached hydrogen (secondary N) is 1. The minimum Gasteiger partial charge on any atom is -0.394 e. The number of benzene rings is 1. The summed E-state index contributed by atoms with van der Waals surface area (Å²) < 4.78 is 64.1. The molecule has 1 atom stereocenters. The second kappa shape index (κ2) is 5.28. The van der Waals surface area contributed by atoms with Gasteiger partial charge in [0, 0.05) is 6.54 Å². The zero-order valence-corrected chi connectivity index (χ0v) is 8.28. The van der Waals surface area contributed by atoms with Crippen LogP contribution in [0.15, 0.2) is 0 Å². The number of hydrogen-bond donors (Lipinski definition) is 3. The van der Waals surface area contributed by atoms with E-state index < -0.39 is 54.0 Å². The van der Waals surface area contributed by atoms with E-state index >= 15 is 0 Å². The van der Waals surface area contributed by atoms with E-state index in [1.807, 2.05) is 5.32 Å². The Bertz CT molecular complexity index is 397. The summed E-state index contributed by atoms with van der Waals surface area (Å²) in [4.78, 5) is 0. The zero-order chi connectivity index (χ0) is 13.2. The second-order valence-corrected chi connectivity index (χ2v) is 3.16. The van der Waals surface area contributed by atoms with Gasteiger partial charge in [-0.3, -0.25) is 0 Å². The van der Waals surface area contributed by atoms with Crippen molar-refractivity contribution in [3.63, 3.8) is 0 Å². The standard InChI is InChI=1S/C9H8F5NO2/c10-4-5(11)7(13)9(8(14)6(4)12)15-1-3(17)2-16/h3,15-17H,1-2H2. The van der Waals surface area contributed by atoms with Gasteiger partial charge in [0.1, 0.15) is 5.69 Å². The van der Waals surface area contributed by atoms with Crippen LogP contribution in [0.3, 0.4) is 0 Å². The Balaban J connectivity index is 3.07. The summed E-state index contributed by atoms with van der Waals surface area (Å²) in [6, 6.07) is 0. The lowest BCUT2D eigenvalue weighted by molar-refractivity contribution is 0.105. The van der Waals surface area contributed by atoms with Crippen LogP contribution < -0.4 is 5.32 Å². The molecule has 1 unspecified atom stereocenters. The van der Waals surface area contributed by atoms with Gasteiger partial charge in [0.05, 0.1) is 12.7 Å². The summed E-state index contributed by atoms with van der Waals surface area (Å²) in [5.41, 5.74) is -1.24. The third-order valence-corrected chi connectivity index (χ3v) is 1.94. The van der Waals surface area contributed by atoms with Crippen LogP contribution in [0.4, 0.5) is 27.6 Å². The zero-order valence-electron chi connectivity index (χ0n) is 8.28. The van der Waals surface area contributed by atoms with E-state index in [2.05, 4.69) is 0 Å². The Morgan fingerprint density at radius 1 is 0.882 bits per heavy atom. The summed E-state index contributed by atoms with van der Waals surface area (Å²) in [5.74, 6) is -10.5. The molecule has 96 valence electrons. The van der Waals surface area contributed by atoms with E-state index in [1.54, 1.807) is 0 Å². The SMILES string of the molecule is OCC(O)CNc1c(F)c(F)c(F)c(F)c1F. The predicted molar refractivity (Wildman–Crippen MR) is 47.8 cm³/mol. The first-order valence-electron chi connectivity index (χ1n) is 4.44. The fourth-order valence-corrected chi connectivity index (χ4v) is 1.04. The molecule has 0 aromatic heterocycles. The highest BCUT2D eigenvalue weighted by Crippen LogP contribution is 2.26. The van der Waals surface area contributed by atoms with Crippen LogP contribution in [-0.4, -0.2) is 29.5 Å². The summed E-state index contributed by atoms with van der Waals surface area (Å²) in [5, 5.41) is 19.1. The van der Waals surface area contributed by atoms with Gasteiger partial charge in [-0.15, -0.1) is 0 Å². The number of halogens is 5. The lowest BCUT2D eigenvalue weighted by atomic mass is 10.2. The maximum Gasteiger partial charge on any atom is 0.200 e. The summed E-state index contributed by atoms with van der Waals surface area (Å²) in [6.45, 7) is -1.28. The Morgan fingerprint density at radius 3 is 1.71 bits per heavy atom. The number of anilines is 1. The summed E-state index contributed by atoms with van der Waals surface area (Å²) in [6.07, 6.45) is -1.38. The van der Waals surface area contributed by atoms with Crippen LogP contribution in [0.2, 0.25) is 0 Å². The van der Waals surface area contributed by atoms with Crippen LogP contribution in [0.5, 0.6) is 0 Å². The average molecular weight is 257 g/mol. The van der Waals surface area contributed by atoms with E-state index in [0.29, 0.717) is 0 Å². The molecule has 0 amide bonds. The van der Waals surface area contributed by atoms with Gasteiger partial charge in [0.2, 0.25) is 5.82 Å². The van der Waals surface area contributed by atoms with Gasteiger partial charge in [0.25, 0.3) is 0 Å². The minimum absolute atomic E-state index is 0.561. The molecule has 1 aromatic carbocycles. The topological polar surface area (TPSA) is 52.5 Å². The van der Waals surface area contributed by atoms with Crippen LogP contribution in [0.25, 0.3) is 0 Å². The fourth-order valence-electron chi connectivity index (χ4n) is 1.04. The minimum atomic E-state index is -2.26. The first-order valence-corrected chi connectivity index (χ1v) is 4.44. The molecule has 17 heavy (non-hydrogen) atoms. The molecule has 1 aromatic rings. The molecule has 0 aliphatic heterocycles. The molecule has 0 spiro atoms. The number of aliphatic hydroxyl groups is 2.